The standard InChI is InChI=1S/C19H32BrN/c1-2-3-4-5-6-7-8-9-13-16-18(20)19(21)17-14-11-10-12-15-17/h10-12,14-15,18-19H,2-9,13,16,21H2,1H3. The minimum Gasteiger partial charge on any atom is -0.323 e. The zero-order chi connectivity index (χ0) is 15.3. The Morgan fingerprint density at radius 3 is 1.95 bits per heavy atom. The molecule has 2 N–H and O–H groups in total. The second-order valence-corrected chi connectivity index (χ2v) is 7.25. The summed E-state index contributed by atoms with van der Waals surface area (Å²) in [6, 6.07) is 10.5. The molecule has 1 nitrogen and oxygen atoms in total. The van der Waals surface area contributed by atoms with Crippen molar-refractivity contribution in [2.75, 3.05) is 0 Å². The molecular weight excluding hydrogens is 322 g/mol. The van der Waals surface area contributed by atoms with Crippen molar-refractivity contribution in [3.63, 3.8) is 0 Å². The molecule has 0 aliphatic rings. The Balaban J connectivity index is 2.02. The largest absolute Gasteiger partial charge is 0.323 e. The lowest BCUT2D eigenvalue weighted by atomic mass is 10.00. The van der Waals surface area contributed by atoms with Gasteiger partial charge >= 0.3 is 0 Å². The lowest BCUT2D eigenvalue weighted by molar-refractivity contribution is 0.539. The molecule has 0 aliphatic heterocycles. The lowest BCUT2D eigenvalue weighted by Crippen LogP contribution is -2.21. The van der Waals surface area contributed by atoms with Gasteiger partial charge in [0.05, 0.1) is 0 Å². The summed E-state index contributed by atoms with van der Waals surface area (Å²) < 4.78 is 0. The normalized spacial score (nSPS) is 14.0. The smallest absolute Gasteiger partial charge is 0.0421 e. The summed E-state index contributed by atoms with van der Waals surface area (Å²) in [4.78, 5) is 0.393. The van der Waals surface area contributed by atoms with Gasteiger partial charge in [-0.15, -0.1) is 0 Å². The Labute approximate surface area is 139 Å². The maximum atomic E-state index is 6.30. The second kappa shape index (κ2) is 12.2. The first kappa shape index (κ1) is 18.7. The van der Waals surface area contributed by atoms with E-state index in [0.29, 0.717) is 4.83 Å². The zero-order valence-electron chi connectivity index (χ0n) is 13.6. The van der Waals surface area contributed by atoms with Crippen molar-refractivity contribution in [1.82, 2.24) is 0 Å². The molecule has 0 amide bonds. The summed E-state index contributed by atoms with van der Waals surface area (Å²) >= 11 is 3.77. The number of benzene rings is 1. The maximum absolute atomic E-state index is 6.30. The SMILES string of the molecule is CCCCCCCCCCCC(Br)C(N)c1ccccc1. The van der Waals surface area contributed by atoms with E-state index in [2.05, 4.69) is 47.1 Å². The van der Waals surface area contributed by atoms with Crippen molar-refractivity contribution in [1.29, 1.82) is 0 Å². The van der Waals surface area contributed by atoms with Gasteiger partial charge in [-0.2, -0.15) is 0 Å². The minimum atomic E-state index is 0.111. The maximum Gasteiger partial charge on any atom is 0.0421 e. The predicted molar refractivity (Wildman–Crippen MR) is 97.9 cm³/mol. The van der Waals surface area contributed by atoms with Crippen LogP contribution in [0.3, 0.4) is 0 Å². The van der Waals surface area contributed by atoms with Crippen molar-refractivity contribution < 1.29 is 0 Å². The van der Waals surface area contributed by atoms with Gasteiger partial charge in [-0.25, -0.2) is 0 Å². The van der Waals surface area contributed by atoms with Gasteiger partial charge in [-0.05, 0) is 12.0 Å². The van der Waals surface area contributed by atoms with E-state index in [4.69, 9.17) is 5.73 Å². The van der Waals surface area contributed by atoms with Crippen molar-refractivity contribution in [3.8, 4) is 0 Å². The van der Waals surface area contributed by atoms with E-state index in [1.807, 2.05) is 6.07 Å². The lowest BCUT2D eigenvalue weighted by Gasteiger charge is -2.18. The Morgan fingerprint density at radius 2 is 1.38 bits per heavy atom. The first-order chi connectivity index (χ1) is 10.3. The number of nitrogens with two attached hydrogens (primary N) is 1. The fourth-order valence-electron chi connectivity index (χ4n) is 2.71. The molecule has 120 valence electrons. The molecule has 21 heavy (non-hydrogen) atoms. The number of rotatable bonds is 12. The first-order valence-electron chi connectivity index (χ1n) is 8.70. The van der Waals surface area contributed by atoms with Gasteiger partial charge < -0.3 is 5.73 Å². The first-order valence-corrected chi connectivity index (χ1v) is 9.62. The second-order valence-electron chi connectivity index (χ2n) is 6.07. The molecule has 0 fully saturated rings. The number of alkyl halides is 1. The van der Waals surface area contributed by atoms with E-state index in [-0.39, 0.29) is 6.04 Å². The van der Waals surface area contributed by atoms with Crippen molar-refractivity contribution in [2.24, 2.45) is 5.73 Å². The summed E-state index contributed by atoms with van der Waals surface area (Å²) in [6.07, 6.45) is 13.6. The summed E-state index contributed by atoms with van der Waals surface area (Å²) in [6.45, 7) is 2.27. The molecule has 1 rings (SSSR count). The van der Waals surface area contributed by atoms with Crippen molar-refractivity contribution in [2.45, 2.75) is 82.0 Å². The average molecular weight is 354 g/mol. The molecule has 0 spiro atoms. The van der Waals surface area contributed by atoms with E-state index < -0.39 is 0 Å². The van der Waals surface area contributed by atoms with Crippen LogP contribution >= 0.6 is 15.9 Å². The molecule has 1 aromatic carbocycles. The van der Waals surface area contributed by atoms with Crippen LogP contribution in [0, 0.1) is 0 Å². The van der Waals surface area contributed by atoms with Crippen LogP contribution in [0.25, 0.3) is 0 Å². The fourth-order valence-corrected chi connectivity index (χ4v) is 3.34. The van der Waals surface area contributed by atoms with Gasteiger partial charge in [0.25, 0.3) is 0 Å². The molecule has 1 aromatic rings. The van der Waals surface area contributed by atoms with Gasteiger partial charge in [-0.1, -0.05) is 111 Å². The van der Waals surface area contributed by atoms with Gasteiger partial charge in [0, 0.05) is 10.9 Å². The molecular formula is C19H32BrN. The van der Waals surface area contributed by atoms with Crippen LogP contribution in [0.4, 0.5) is 0 Å². The summed E-state index contributed by atoms with van der Waals surface area (Å²) in [7, 11) is 0. The molecule has 0 aliphatic carbocycles. The van der Waals surface area contributed by atoms with Gasteiger partial charge in [-0.3, -0.25) is 0 Å². The third kappa shape index (κ3) is 8.63. The Morgan fingerprint density at radius 1 is 0.857 bits per heavy atom. The topological polar surface area (TPSA) is 26.0 Å². The van der Waals surface area contributed by atoms with E-state index in [1.165, 1.54) is 69.8 Å². The molecule has 2 atom stereocenters. The van der Waals surface area contributed by atoms with Gasteiger partial charge in [0.15, 0.2) is 0 Å². The molecule has 0 radical (unpaired) electrons. The minimum absolute atomic E-state index is 0.111. The van der Waals surface area contributed by atoms with Gasteiger partial charge in [0.2, 0.25) is 0 Å². The molecule has 2 unspecified atom stereocenters. The number of hydrogen-bond donors (Lipinski definition) is 1. The highest BCUT2D eigenvalue weighted by Crippen LogP contribution is 2.24. The predicted octanol–water partition coefficient (Wildman–Crippen LogP) is 6.37. The highest BCUT2D eigenvalue weighted by molar-refractivity contribution is 9.09. The number of unbranched alkanes of at least 4 members (excludes halogenated alkanes) is 8. The van der Waals surface area contributed by atoms with Crippen LogP contribution in [0.2, 0.25) is 0 Å². The quantitative estimate of drug-likeness (QED) is 0.342. The number of hydrogen-bond acceptors (Lipinski definition) is 1. The Hall–Kier alpha value is -0.340. The van der Waals surface area contributed by atoms with Crippen LogP contribution in [0.1, 0.15) is 82.7 Å². The molecule has 0 aromatic heterocycles. The van der Waals surface area contributed by atoms with Crippen LogP contribution in [0.5, 0.6) is 0 Å². The van der Waals surface area contributed by atoms with Crippen LogP contribution in [-0.2, 0) is 0 Å². The fraction of sp³-hybridized carbons (Fsp3) is 0.684. The molecule has 0 bridgehead atoms. The van der Waals surface area contributed by atoms with E-state index >= 15 is 0 Å². The van der Waals surface area contributed by atoms with Crippen molar-refractivity contribution in [3.05, 3.63) is 35.9 Å². The van der Waals surface area contributed by atoms with E-state index in [0.717, 1.165) is 0 Å². The molecule has 2 heteroatoms. The molecule has 0 saturated heterocycles. The highest BCUT2D eigenvalue weighted by Gasteiger charge is 2.15. The summed E-state index contributed by atoms with van der Waals surface area (Å²) in [5, 5.41) is 0. The van der Waals surface area contributed by atoms with E-state index in [9.17, 15) is 0 Å². The van der Waals surface area contributed by atoms with Gasteiger partial charge in [0.1, 0.15) is 0 Å². The Bertz CT molecular complexity index is 339. The highest BCUT2D eigenvalue weighted by atomic mass is 79.9. The summed E-state index contributed by atoms with van der Waals surface area (Å²) in [5.41, 5.74) is 7.53. The van der Waals surface area contributed by atoms with Crippen LogP contribution in [-0.4, -0.2) is 4.83 Å². The summed E-state index contributed by atoms with van der Waals surface area (Å²) in [5.74, 6) is 0. The van der Waals surface area contributed by atoms with Crippen molar-refractivity contribution >= 4 is 15.9 Å². The average Bonchev–Trinajstić information content (AvgIpc) is 2.53. The monoisotopic (exact) mass is 353 g/mol. The zero-order valence-corrected chi connectivity index (χ0v) is 15.2. The Kier molecular flexibility index (Phi) is 10.9. The molecule has 0 saturated carbocycles. The number of halogens is 1. The van der Waals surface area contributed by atoms with E-state index in [1.54, 1.807) is 0 Å². The van der Waals surface area contributed by atoms with Crippen LogP contribution in [0.15, 0.2) is 30.3 Å². The third-order valence-electron chi connectivity index (χ3n) is 4.16. The molecule has 0 heterocycles. The van der Waals surface area contributed by atoms with Crippen LogP contribution < -0.4 is 5.73 Å². The third-order valence-corrected chi connectivity index (χ3v) is 5.18.